The molecule has 0 aliphatic carbocycles. The summed E-state index contributed by atoms with van der Waals surface area (Å²) in [5, 5.41) is 0. The predicted octanol–water partition coefficient (Wildman–Crippen LogP) is 1.94. The molecule has 0 aromatic heterocycles. The van der Waals surface area contributed by atoms with Gasteiger partial charge in [0.2, 0.25) is 10.0 Å². The van der Waals surface area contributed by atoms with E-state index in [1.807, 2.05) is 32.9 Å². The summed E-state index contributed by atoms with van der Waals surface area (Å²) in [4.78, 5) is 11.5. The molecule has 0 aliphatic heterocycles. The first kappa shape index (κ1) is 16.5. The number of anilines is 1. The second kappa shape index (κ2) is 6.26. The molecule has 0 N–H and O–H groups in total. The van der Waals surface area contributed by atoms with Crippen LogP contribution in [0.3, 0.4) is 0 Å². The fourth-order valence-corrected chi connectivity index (χ4v) is 3.40. The van der Waals surface area contributed by atoms with Gasteiger partial charge in [-0.15, -0.1) is 0 Å². The number of nitrogens with zero attached hydrogens (tertiary/aromatic N) is 1. The number of carbonyl (C=O) groups is 1. The maximum Gasteiger partial charge on any atom is 0.326 e. The molecule has 0 heterocycles. The molecule has 0 spiro atoms. The fourth-order valence-electron chi connectivity index (χ4n) is 2.22. The summed E-state index contributed by atoms with van der Waals surface area (Å²) < 4.78 is 30.3. The first-order valence-electron chi connectivity index (χ1n) is 6.38. The van der Waals surface area contributed by atoms with Crippen LogP contribution in [0.2, 0.25) is 0 Å². The fraction of sp³-hybridized carbons (Fsp3) is 0.500. The number of ether oxygens (including phenoxy) is 1. The lowest BCUT2D eigenvalue weighted by molar-refractivity contribution is -0.138. The molecule has 1 aromatic rings. The number of hydrogen-bond donors (Lipinski definition) is 0. The number of methoxy groups -OCH3 is 1. The van der Waals surface area contributed by atoms with Crippen LogP contribution in [0.15, 0.2) is 12.1 Å². The zero-order chi connectivity index (χ0) is 15.5. The molecule has 0 aliphatic rings. The predicted molar refractivity (Wildman–Crippen MR) is 79.5 cm³/mol. The van der Waals surface area contributed by atoms with E-state index in [-0.39, 0.29) is 12.3 Å². The highest BCUT2D eigenvalue weighted by Crippen LogP contribution is 2.28. The molecule has 0 unspecified atom stereocenters. The molecule has 1 aromatic carbocycles. The van der Waals surface area contributed by atoms with Crippen molar-refractivity contribution in [3.8, 4) is 0 Å². The summed E-state index contributed by atoms with van der Waals surface area (Å²) in [6, 6.07) is 3.80. The van der Waals surface area contributed by atoms with E-state index in [1.54, 1.807) is 6.92 Å². The van der Waals surface area contributed by atoms with Gasteiger partial charge < -0.3 is 4.74 Å². The van der Waals surface area contributed by atoms with Crippen molar-refractivity contribution in [1.82, 2.24) is 0 Å². The average molecular weight is 299 g/mol. The van der Waals surface area contributed by atoms with E-state index in [0.717, 1.165) is 21.0 Å². The van der Waals surface area contributed by atoms with Crippen LogP contribution in [-0.4, -0.2) is 33.8 Å². The Morgan fingerprint density at radius 2 is 1.70 bits per heavy atom. The molecule has 0 saturated heterocycles. The van der Waals surface area contributed by atoms with E-state index < -0.39 is 16.0 Å². The molecular weight excluding hydrogens is 278 g/mol. The van der Waals surface area contributed by atoms with Gasteiger partial charge in [0.25, 0.3) is 0 Å². The van der Waals surface area contributed by atoms with E-state index in [2.05, 4.69) is 4.74 Å². The summed E-state index contributed by atoms with van der Waals surface area (Å²) in [6.45, 7) is 6.87. The standard InChI is InChI=1S/C14H21NO4S/c1-6-20(17,18)15(9-13(16)19-5)14-11(3)7-10(2)8-12(14)4/h7-8H,6,9H2,1-5H3. The molecule has 0 fully saturated rings. The number of carbonyl (C=O) groups excluding carboxylic acids is 1. The lowest BCUT2D eigenvalue weighted by atomic mass is 10.1. The van der Waals surface area contributed by atoms with Gasteiger partial charge in [0.1, 0.15) is 6.54 Å². The smallest absolute Gasteiger partial charge is 0.326 e. The molecule has 1 rings (SSSR count). The van der Waals surface area contributed by atoms with Crippen LogP contribution in [0.4, 0.5) is 5.69 Å². The van der Waals surface area contributed by atoms with Gasteiger partial charge in [-0.25, -0.2) is 8.42 Å². The summed E-state index contributed by atoms with van der Waals surface area (Å²) in [6.07, 6.45) is 0. The van der Waals surface area contributed by atoms with Crippen molar-refractivity contribution in [3.05, 3.63) is 28.8 Å². The van der Waals surface area contributed by atoms with E-state index in [9.17, 15) is 13.2 Å². The maximum absolute atomic E-state index is 12.3. The molecule has 6 heteroatoms. The van der Waals surface area contributed by atoms with Crippen molar-refractivity contribution >= 4 is 21.7 Å². The second-order valence-electron chi connectivity index (χ2n) is 4.73. The third kappa shape index (κ3) is 3.50. The normalized spacial score (nSPS) is 11.2. The Labute approximate surface area is 120 Å². The maximum atomic E-state index is 12.3. The van der Waals surface area contributed by atoms with Crippen molar-refractivity contribution in [2.24, 2.45) is 0 Å². The summed E-state index contributed by atoms with van der Waals surface area (Å²) in [5.74, 6) is -0.655. The van der Waals surface area contributed by atoms with Gasteiger partial charge in [-0.05, 0) is 38.8 Å². The van der Waals surface area contributed by atoms with Crippen LogP contribution in [0.5, 0.6) is 0 Å². The van der Waals surface area contributed by atoms with Crippen LogP contribution in [0.25, 0.3) is 0 Å². The Morgan fingerprint density at radius 1 is 1.20 bits per heavy atom. The molecular formula is C14H21NO4S. The van der Waals surface area contributed by atoms with Crippen molar-refractivity contribution in [1.29, 1.82) is 0 Å². The lowest BCUT2D eigenvalue weighted by Crippen LogP contribution is -2.38. The molecule has 0 atom stereocenters. The van der Waals surface area contributed by atoms with Gasteiger partial charge in [0.05, 0.1) is 18.6 Å². The van der Waals surface area contributed by atoms with Gasteiger partial charge in [-0.2, -0.15) is 0 Å². The van der Waals surface area contributed by atoms with Gasteiger partial charge in [-0.1, -0.05) is 17.7 Å². The summed E-state index contributed by atoms with van der Waals surface area (Å²) in [7, 11) is -2.30. The first-order chi connectivity index (χ1) is 9.22. The van der Waals surface area contributed by atoms with Crippen molar-refractivity contribution in [2.75, 3.05) is 23.7 Å². The van der Waals surface area contributed by atoms with Crippen molar-refractivity contribution in [2.45, 2.75) is 27.7 Å². The van der Waals surface area contributed by atoms with E-state index in [1.165, 1.54) is 7.11 Å². The Bertz CT molecular complexity index is 585. The third-order valence-electron chi connectivity index (χ3n) is 3.09. The summed E-state index contributed by atoms with van der Waals surface area (Å²) in [5.41, 5.74) is 3.25. The van der Waals surface area contributed by atoms with Crippen LogP contribution < -0.4 is 4.31 Å². The summed E-state index contributed by atoms with van der Waals surface area (Å²) >= 11 is 0. The first-order valence-corrected chi connectivity index (χ1v) is 7.99. The van der Waals surface area contributed by atoms with E-state index >= 15 is 0 Å². The number of sulfonamides is 1. The van der Waals surface area contributed by atoms with E-state index in [4.69, 9.17) is 0 Å². The Balaban J connectivity index is 3.42. The molecule has 0 radical (unpaired) electrons. The zero-order valence-corrected chi connectivity index (χ0v) is 13.4. The van der Waals surface area contributed by atoms with Crippen LogP contribution in [0.1, 0.15) is 23.6 Å². The van der Waals surface area contributed by atoms with Crippen molar-refractivity contribution < 1.29 is 17.9 Å². The van der Waals surface area contributed by atoms with Crippen molar-refractivity contribution in [3.63, 3.8) is 0 Å². The molecule has 0 amide bonds. The minimum Gasteiger partial charge on any atom is -0.468 e. The number of rotatable bonds is 5. The molecule has 20 heavy (non-hydrogen) atoms. The van der Waals surface area contributed by atoms with Crippen LogP contribution in [0, 0.1) is 20.8 Å². The molecule has 0 bridgehead atoms. The Hall–Kier alpha value is -1.56. The monoisotopic (exact) mass is 299 g/mol. The largest absolute Gasteiger partial charge is 0.468 e. The number of benzene rings is 1. The minimum absolute atomic E-state index is 0.0727. The molecule has 5 nitrogen and oxygen atoms in total. The highest BCUT2D eigenvalue weighted by molar-refractivity contribution is 7.92. The Kier molecular flexibility index (Phi) is 5.16. The highest BCUT2D eigenvalue weighted by Gasteiger charge is 2.26. The zero-order valence-electron chi connectivity index (χ0n) is 12.6. The van der Waals surface area contributed by atoms with E-state index in [0.29, 0.717) is 5.69 Å². The second-order valence-corrected chi connectivity index (χ2v) is 6.91. The average Bonchev–Trinajstić information content (AvgIpc) is 2.36. The lowest BCUT2D eigenvalue weighted by Gasteiger charge is -2.26. The number of aryl methyl sites for hydroxylation is 3. The topological polar surface area (TPSA) is 63.7 Å². The van der Waals surface area contributed by atoms with Gasteiger partial charge >= 0.3 is 5.97 Å². The highest BCUT2D eigenvalue weighted by atomic mass is 32.2. The van der Waals surface area contributed by atoms with Crippen LogP contribution in [-0.2, 0) is 19.6 Å². The Morgan fingerprint density at radius 3 is 2.10 bits per heavy atom. The van der Waals surface area contributed by atoms with Gasteiger partial charge in [0.15, 0.2) is 0 Å². The van der Waals surface area contributed by atoms with Gasteiger partial charge in [-0.3, -0.25) is 9.10 Å². The molecule has 0 saturated carbocycles. The molecule has 112 valence electrons. The minimum atomic E-state index is -3.54. The van der Waals surface area contributed by atoms with Crippen LogP contribution >= 0.6 is 0 Å². The number of hydrogen-bond acceptors (Lipinski definition) is 4. The SMILES string of the molecule is CCS(=O)(=O)N(CC(=O)OC)c1c(C)cc(C)cc1C. The van der Waals surface area contributed by atoms with Gasteiger partial charge in [0, 0.05) is 0 Å². The quantitative estimate of drug-likeness (QED) is 0.779. The number of esters is 1. The third-order valence-corrected chi connectivity index (χ3v) is 4.80.